The van der Waals surface area contributed by atoms with Gasteiger partial charge in [-0.1, -0.05) is 24.9 Å². The predicted molar refractivity (Wildman–Crippen MR) is 84.3 cm³/mol. The second-order valence-electron chi connectivity index (χ2n) is 6.13. The second kappa shape index (κ2) is 6.31. The Morgan fingerprint density at radius 1 is 1.30 bits per heavy atom. The highest BCUT2D eigenvalue weighted by Crippen LogP contribution is 2.27. The largest absolute Gasteiger partial charge is 0.357 e. The SMILES string of the molecule is CCC1CCN(c2cc(CNC3CC3)c(Cl)cn2)CC1. The molecule has 0 amide bonds. The number of rotatable bonds is 5. The van der Waals surface area contributed by atoms with E-state index in [4.69, 9.17) is 11.6 Å². The van der Waals surface area contributed by atoms with Crippen molar-refractivity contribution in [1.82, 2.24) is 10.3 Å². The van der Waals surface area contributed by atoms with Crippen molar-refractivity contribution < 1.29 is 0 Å². The Kier molecular flexibility index (Phi) is 4.47. The lowest BCUT2D eigenvalue weighted by Gasteiger charge is -2.32. The van der Waals surface area contributed by atoms with Gasteiger partial charge in [0.25, 0.3) is 0 Å². The quantitative estimate of drug-likeness (QED) is 0.899. The normalized spacial score (nSPS) is 20.4. The first-order chi connectivity index (χ1) is 9.76. The molecule has 1 aliphatic heterocycles. The minimum Gasteiger partial charge on any atom is -0.357 e. The first-order valence-corrected chi connectivity index (χ1v) is 8.26. The van der Waals surface area contributed by atoms with Crippen LogP contribution in [0.2, 0.25) is 5.02 Å². The van der Waals surface area contributed by atoms with E-state index in [1.807, 2.05) is 6.20 Å². The molecule has 0 bridgehead atoms. The highest BCUT2D eigenvalue weighted by atomic mass is 35.5. The fourth-order valence-corrected chi connectivity index (χ4v) is 3.06. The van der Waals surface area contributed by atoms with Gasteiger partial charge in [0.1, 0.15) is 5.82 Å². The maximum atomic E-state index is 6.26. The summed E-state index contributed by atoms with van der Waals surface area (Å²) in [7, 11) is 0. The molecule has 2 aliphatic rings. The van der Waals surface area contributed by atoms with Crippen LogP contribution in [-0.4, -0.2) is 24.1 Å². The molecule has 20 heavy (non-hydrogen) atoms. The molecule has 1 aromatic rings. The molecule has 1 saturated heterocycles. The van der Waals surface area contributed by atoms with Gasteiger partial charge < -0.3 is 10.2 Å². The van der Waals surface area contributed by atoms with Gasteiger partial charge in [0.2, 0.25) is 0 Å². The van der Waals surface area contributed by atoms with Gasteiger partial charge >= 0.3 is 0 Å². The fourth-order valence-electron chi connectivity index (χ4n) is 2.89. The van der Waals surface area contributed by atoms with Crippen LogP contribution in [0.15, 0.2) is 12.3 Å². The minimum atomic E-state index is 0.711. The first-order valence-electron chi connectivity index (χ1n) is 7.89. The molecule has 3 nitrogen and oxygen atoms in total. The molecule has 1 aliphatic carbocycles. The van der Waals surface area contributed by atoms with Gasteiger partial charge in [-0.25, -0.2) is 4.98 Å². The molecule has 0 radical (unpaired) electrons. The summed E-state index contributed by atoms with van der Waals surface area (Å²) >= 11 is 6.26. The van der Waals surface area contributed by atoms with Crippen LogP contribution in [0.1, 0.15) is 44.6 Å². The zero-order valence-electron chi connectivity index (χ0n) is 12.2. The van der Waals surface area contributed by atoms with Crippen LogP contribution in [0.4, 0.5) is 5.82 Å². The number of nitrogens with zero attached hydrogens (tertiary/aromatic N) is 2. The van der Waals surface area contributed by atoms with Crippen molar-refractivity contribution >= 4 is 17.4 Å². The van der Waals surface area contributed by atoms with Crippen molar-refractivity contribution in [3.8, 4) is 0 Å². The summed E-state index contributed by atoms with van der Waals surface area (Å²) in [5.74, 6) is 1.99. The Bertz CT molecular complexity index is 451. The van der Waals surface area contributed by atoms with Gasteiger partial charge in [0.05, 0.1) is 5.02 Å². The van der Waals surface area contributed by atoms with E-state index in [2.05, 4.69) is 28.2 Å². The summed E-state index contributed by atoms with van der Waals surface area (Å²) in [6.45, 7) is 5.41. The number of aromatic nitrogens is 1. The van der Waals surface area contributed by atoms with Crippen molar-refractivity contribution in [2.24, 2.45) is 5.92 Å². The molecule has 0 spiro atoms. The van der Waals surface area contributed by atoms with Gasteiger partial charge in [-0.3, -0.25) is 0 Å². The number of piperidine rings is 1. The van der Waals surface area contributed by atoms with Crippen molar-refractivity contribution in [2.75, 3.05) is 18.0 Å². The van der Waals surface area contributed by atoms with Crippen molar-refractivity contribution in [2.45, 2.75) is 51.6 Å². The van der Waals surface area contributed by atoms with E-state index in [0.717, 1.165) is 36.4 Å². The zero-order valence-corrected chi connectivity index (χ0v) is 13.0. The lowest BCUT2D eigenvalue weighted by Crippen LogP contribution is -2.34. The number of hydrogen-bond donors (Lipinski definition) is 1. The van der Waals surface area contributed by atoms with Crippen LogP contribution in [0.3, 0.4) is 0 Å². The number of nitrogens with one attached hydrogen (secondary N) is 1. The van der Waals surface area contributed by atoms with Crippen molar-refractivity contribution in [3.05, 3.63) is 22.8 Å². The van der Waals surface area contributed by atoms with Gasteiger partial charge in [0, 0.05) is 31.9 Å². The molecule has 0 atom stereocenters. The van der Waals surface area contributed by atoms with E-state index >= 15 is 0 Å². The van der Waals surface area contributed by atoms with Crippen molar-refractivity contribution in [3.63, 3.8) is 0 Å². The highest BCUT2D eigenvalue weighted by Gasteiger charge is 2.22. The number of hydrogen-bond acceptors (Lipinski definition) is 3. The second-order valence-corrected chi connectivity index (χ2v) is 6.53. The molecule has 1 N–H and O–H groups in total. The maximum Gasteiger partial charge on any atom is 0.128 e. The predicted octanol–water partition coefficient (Wildman–Crippen LogP) is 3.61. The van der Waals surface area contributed by atoms with Crippen LogP contribution in [0.25, 0.3) is 0 Å². The standard InChI is InChI=1S/C16H24ClN3/c1-2-12-5-7-20(8-6-12)16-9-13(15(17)11-19-16)10-18-14-3-4-14/h9,11-12,14,18H,2-8,10H2,1H3. The van der Waals surface area contributed by atoms with Gasteiger partial charge in [-0.2, -0.15) is 0 Å². The van der Waals surface area contributed by atoms with Crippen molar-refractivity contribution in [1.29, 1.82) is 0 Å². The number of pyridine rings is 1. The summed E-state index contributed by atoms with van der Waals surface area (Å²) < 4.78 is 0. The van der Waals surface area contributed by atoms with Gasteiger partial charge in [-0.15, -0.1) is 0 Å². The third kappa shape index (κ3) is 3.44. The molecule has 0 unspecified atom stereocenters. The summed E-state index contributed by atoms with van der Waals surface area (Å²) in [5.41, 5.74) is 1.18. The Balaban J connectivity index is 1.65. The van der Waals surface area contributed by atoms with Crippen LogP contribution < -0.4 is 10.2 Å². The summed E-state index contributed by atoms with van der Waals surface area (Å²) in [4.78, 5) is 6.93. The maximum absolute atomic E-state index is 6.26. The topological polar surface area (TPSA) is 28.2 Å². The monoisotopic (exact) mass is 293 g/mol. The van der Waals surface area contributed by atoms with E-state index in [1.54, 1.807) is 0 Å². The average Bonchev–Trinajstić information content (AvgIpc) is 3.31. The third-order valence-corrected chi connectivity index (χ3v) is 4.94. The molecule has 2 heterocycles. The molecular formula is C16H24ClN3. The first kappa shape index (κ1) is 14.2. The Morgan fingerprint density at radius 3 is 2.70 bits per heavy atom. The molecule has 3 rings (SSSR count). The smallest absolute Gasteiger partial charge is 0.128 e. The van der Waals surface area contributed by atoms with E-state index in [9.17, 15) is 0 Å². The lowest BCUT2D eigenvalue weighted by molar-refractivity contribution is 0.393. The summed E-state index contributed by atoms with van der Waals surface area (Å²) in [6, 6.07) is 2.88. The van der Waals surface area contributed by atoms with E-state index in [-0.39, 0.29) is 0 Å². The van der Waals surface area contributed by atoms with Gasteiger partial charge in [0.15, 0.2) is 0 Å². The van der Waals surface area contributed by atoms with Gasteiger partial charge in [-0.05, 0) is 43.2 Å². The summed E-state index contributed by atoms with van der Waals surface area (Å²) in [6.07, 6.45) is 8.30. The van der Waals surface area contributed by atoms with Crippen LogP contribution in [-0.2, 0) is 6.54 Å². The summed E-state index contributed by atoms with van der Waals surface area (Å²) in [5, 5.41) is 4.31. The van der Waals surface area contributed by atoms with Crippen LogP contribution >= 0.6 is 11.6 Å². The molecule has 1 aromatic heterocycles. The average molecular weight is 294 g/mol. The number of anilines is 1. The fraction of sp³-hybridized carbons (Fsp3) is 0.688. The van der Waals surface area contributed by atoms with Crippen LogP contribution in [0, 0.1) is 5.92 Å². The Hall–Kier alpha value is -0.800. The molecule has 2 fully saturated rings. The highest BCUT2D eigenvalue weighted by molar-refractivity contribution is 6.31. The molecule has 110 valence electrons. The molecule has 0 aromatic carbocycles. The zero-order chi connectivity index (χ0) is 13.9. The van der Waals surface area contributed by atoms with Crippen LogP contribution in [0.5, 0.6) is 0 Å². The van der Waals surface area contributed by atoms with E-state index in [0.29, 0.717) is 6.04 Å². The Morgan fingerprint density at radius 2 is 2.05 bits per heavy atom. The minimum absolute atomic E-state index is 0.711. The molecule has 1 saturated carbocycles. The third-order valence-electron chi connectivity index (χ3n) is 4.59. The molecule has 4 heteroatoms. The van der Waals surface area contributed by atoms with E-state index in [1.165, 1.54) is 37.7 Å². The number of halogens is 1. The lowest BCUT2D eigenvalue weighted by atomic mass is 9.94. The molecular weight excluding hydrogens is 270 g/mol. The van der Waals surface area contributed by atoms with E-state index < -0.39 is 0 Å². The Labute approximate surface area is 126 Å².